The van der Waals surface area contributed by atoms with Crippen LogP contribution in [0, 0.1) is 5.41 Å². The Morgan fingerprint density at radius 2 is 2.17 bits per heavy atom. The summed E-state index contributed by atoms with van der Waals surface area (Å²) in [7, 11) is 0. The molecule has 0 radical (unpaired) electrons. The molecule has 1 heterocycles. The van der Waals surface area contributed by atoms with Crippen molar-refractivity contribution in [2.45, 2.75) is 38.6 Å². The minimum Gasteiger partial charge on any atom is -0.384 e. The number of halogens is 1. The van der Waals surface area contributed by atoms with E-state index in [0.717, 1.165) is 17.8 Å². The number of nitrogens with one attached hydrogen (secondary N) is 1. The van der Waals surface area contributed by atoms with Gasteiger partial charge in [0.2, 0.25) is 0 Å². The molecule has 0 aliphatic carbocycles. The fourth-order valence-corrected chi connectivity index (χ4v) is 2.78. The molecule has 0 amide bonds. The van der Waals surface area contributed by atoms with Gasteiger partial charge in [0.15, 0.2) is 0 Å². The lowest BCUT2D eigenvalue weighted by Gasteiger charge is -2.31. The van der Waals surface area contributed by atoms with Crippen molar-refractivity contribution in [3.8, 4) is 0 Å². The first-order valence-electron chi connectivity index (χ1n) is 6.50. The second-order valence-corrected chi connectivity index (χ2v) is 5.40. The SMILES string of the molecule is CC1CCCCCN1c1ccc(Cl)cc1C(=N)N. The van der Waals surface area contributed by atoms with E-state index in [0.29, 0.717) is 11.1 Å². The first-order valence-corrected chi connectivity index (χ1v) is 6.88. The average molecular weight is 266 g/mol. The molecule has 0 saturated carbocycles. The summed E-state index contributed by atoms with van der Waals surface area (Å²) in [6.07, 6.45) is 4.95. The van der Waals surface area contributed by atoms with E-state index < -0.39 is 0 Å². The Balaban J connectivity index is 2.39. The van der Waals surface area contributed by atoms with Crippen LogP contribution in [0.15, 0.2) is 18.2 Å². The van der Waals surface area contributed by atoms with E-state index in [1.54, 1.807) is 6.07 Å². The maximum atomic E-state index is 7.70. The molecular formula is C14H20ClN3. The van der Waals surface area contributed by atoms with Crippen LogP contribution in [0.1, 0.15) is 38.2 Å². The van der Waals surface area contributed by atoms with Crippen molar-refractivity contribution in [3.63, 3.8) is 0 Å². The molecule has 2 rings (SSSR count). The molecule has 3 N–H and O–H groups in total. The van der Waals surface area contributed by atoms with E-state index in [4.69, 9.17) is 22.7 Å². The number of amidine groups is 1. The Bertz CT molecular complexity index is 445. The smallest absolute Gasteiger partial charge is 0.124 e. The molecule has 98 valence electrons. The highest BCUT2D eigenvalue weighted by molar-refractivity contribution is 6.31. The molecule has 1 saturated heterocycles. The third-order valence-corrected chi connectivity index (χ3v) is 3.85. The molecule has 4 heteroatoms. The van der Waals surface area contributed by atoms with Gasteiger partial charge in [0.05, 0.1) is 0 Å². The van der Waals surface area contributed by atoms with Crippen LogP contribution in [-0.2, 0) is 0 Å². The maximum absolute atomic E-state index is 7.70. The number of rotatable bonds is 2. The van der Waals surface area contributed by atoms with Gasteiger partial charge in [-0.3, -0.25) is 5.41 Å². The maximum Gasteiger partial charge on any atom is 0.124 e. The summed E-state index contributed by atoms with van der Waals surface area (Å²) in [5.41, 5.74) is 7.46. The number of hydrogen-bond donors (Lipinski definition) is 2. The summed E-state index contributed by atoms with van der Waals surface area (Å²) in [4.78, 5) is 2.36. The van der Waals surface area contributed by atoms with Crippen molar-refractivity contribution in [3.05, 3.63) is 28.8 Å². The van der Waals surface area contributed by atoms with E-state index in [2.05, 4.69) is 11.8 Å². The van der Waals surface area contributed by atoms with Gasteiger partial charge in [-0.25, -0.2) is 0 Å². The van der Waals surface area contributed by atoms with Crippen molar-refractivity contribution in [1.29, 1.82) is 5.41 Å². The van der Waals surface area contributed by atoms with E-state index >= 15 is 0 Å². The summed E-state index contributed by atoms with van der Waals surface area (Å²) in [5.74, 6) is 0.0870. The molecule has 1 aliphatic heterocycles. The lowest BCUT2D eigenvalue weighted by molar-refractivity contribution is 0.616. The number of nitrogens with zero attached hydrogens (tertiary/aromatic N) is 1. The number of nitrogens with two attached hydrogens (primary N) is 1. The summed E-state index contributed by atoms with van der Waals surface area (Å²) < 4.78 is 0. The van der Waals surface area contributed by atoms with Crippen LogP contribution in [0.3, 0.4) is 0 Å². The highest BCUT2D eigenvalue weighted by Crippen LogP contribution is 2.29. The van der Waals surface area contributed by atoms with Crippen LogP contribution >= 0.6 is 11.6 Å². The molecule has 0 spiro atoms. The summed E-state index contributed by atoms with van der Waals surface area (Å²) >= 11 is 6.00. The average Bonchev–Trinajstić information content (AvgIpc) is 2.54. The summed E-state index contributed by atoms with van der Waals surface area (Å²) in [6.45, 7) is 3.27. The van der Waals surface area contributed by atoms with Crippen LogP contribution in [0.4, 0.5) is 5.69 Å². The normalized spacial score (nSPS) is 20.6. The number of hydrogen-bond acceptors (Lipinski definition) is 2. The van der Waals surface area contributed by atoms with Crippen LogP contribution in [0.5, 0.6) is 0 Å². The molecule has 18 heavy (non-hydrogen) atoms. The predicted octanol–water partition coefficient (Wildman–Crippen LogP) is 3.39. The fraction of sp³-hybridized carbons (Fsp3) is 0.500. The van der Waals surface area contributed by atoms with Gasteiger partial charge in [0, 0.05) is 28.9 Å². The Kier molecular flexibility index (Phi) is 4.12. The van der Waals surface area contributed by atoms with E-state index in [1.807, 2.05) is 12.1 Å². The van der Waals surface area contributed by atoms with Gasteiger partial charge in [0.1, 0.15) is 5.84 Å². The van der Waals surface area contributed by atoms with Gasteiger partial charge in [0.25, 0.3) is 0 Å². The molecular weight excluding hydrogens is 246 g/mol. The second kappa shape index (κ2) is 5.61. The van der Waals surface area contributed by atoms with Crippen LogP contribution < -0.4 is 10.6 Å². The third kappa shape index (κ3) is 2.78. The largest absolute Gasteiger partial charge is 0.384 e. The number of benzene rings is 1. The Labute approximate surface area is 113 Å². The highest BCUT2D eigenvalue weighted by Gasteiger charge is 2.20. The molecule has 1 atom stereocenters. The molecule has 1 aliphatic rings. The third-order valence-electron chi connectivity index (χ3n) is 3.61. The van der Waals surface area contributed by atoms with Crippen LogP contribution in [0.2, 0.25) is 5.02 Å². The highest BCUT2D eigenvalue weighted by atomic mass is 35.5. The molecule has 1 aromatic rings. The number of anilines is 1. The van der Waals surface area contributed by atoms with E-state index in [9.17, 15) is 0 Å². The van der Waals surface area contributed by atoms with Crippen LogP contribution in [-0.4, -0.2) is 18.4 Å². The quantitative estimate of drug-likeness (QED) is 0.636. The van der Waals surface area contributed by atoms with E-state index in [1.165, 1.54) is 25.7 Å². The van der Waals surface area contributed by atoms with Gasteiger partial charge in [-0.1, -0.05) is 24.4 Å². The number of nitrogen functional groups attached to an aromatic ring is 1. The molecule has 3 nitrogen and oxygen atoms in total. The molecule has 0 aromatic heterocycles. The van der Waals surface area contributed by atoms with Crippen LogP contribution in [0.25, 0.3) is 0 Å². The van der Waals surface area contributed by atoms with Crippen molar-refractivity contribution >= 4 is 23.1 Å². The lowest BCUT2D eigenvalue weighted by atomic mass is 10.1. The fourth-order valence-electron chi connectivity index (χ4n) is 2.61. The minimum atomic E-state index is 0.0870. The predicted molar refractivity (Wildman–Crippen MR) is 77.7 cm³/mol. The van der Waals surface area contributed by atoms with Crippen molar-refractivity contribution < 1.29 is 0 Å². The van der Waals surface area contributed by atoms with Crippen molar-refractivity contribution in [2.24, 2.45) is 5.73 Å². The van der Waals surface area contributed by atoms with Crippen molar-refractivity contribution in [2.75, 3.05) is 11.4 Å². The minimum absolute atomic E-state index is 0.0870. The van der Waals surface area contributed by atoms with Gasteiger partial charge in [-0.05, 0) is 38.0 Å². The first-order chi connectivity index (χ1) is 8.59. The standard InChI is InChI=1S/C14H20ClN3/c1-10-5-3-2-4-8-18(10)13-7-6-11(15)9-12(13)14(16)17/h6-7,9-10H,2-5,8H2,1H3,(H3,16,17). The Morgan fingerprint density at radius 1 is 1.39 bits per heavy atom. The first kappa shape index (κ1) is 13.2. The van der Waals surface area contributed by atoms with Gasteiger partial charge >= 0.3 is 0 Å². The monoisotopic (exact) mass is 265 g/mol. The second-order valence-electron chi connectivity index (χ2n) is 4.97. The molecule has 1 fully saturated rings. The summed E-state index contributed by atoms with van der Waals surface area (Å²) in [5, 5.41) is 8.34. The zero-order valence-corrected chi connectivity index (χ0v) is 11.5. The van der Waals surface area contributed by atoms with Gasteiger partial charge < -0.3 is 10.6 Å². The molecule has 1 aromatic carbocycles. The van der Waals surface area contributed by atoms with E-state index in [-0.39, 0.29) is 5.84 Å². The molecule has 1 unspecified atom stereocenters. The van der Waals surface area contributed by atoms with Crippen molar-refractivity contribution in [1.82, 2.24) is 0 Å². The topological polar surface area (TPSA) is 53.1 Å². The summed E-state index contributed by atoms with van der Waals surface area (Å²) in [6, 6.07) is 6.14. The molecule has 0 bridgehead atoms. The zero-order valence-electron chi connectivity index (χ0n) is 10.7. The lowest BCUT2D eigenvalue weighted by Crippen LogP contribution is -2.34. The zero-order chi connectivity index (χ0) is 13.1. The van der Waals surface area contributed by atoms with Gasteiger partial charge in [-0.2, -0.15) is 0 Å². The Hall–Kier alpha value is -1.22. The van der Waals surface area contributed by atoms with Gasteiger partial charge in [-0.15, -0.1) is 0 Å². The Morgan fingerprint density at radius 3 is 2.89 bits per heavy atom.